The van der Waals surface area contributed by atoms with Gasteiger partial charge in [0.25, 0.3) is 0 Å². The molecule has 0 saturated heterocycles. The minimum Gasteiger partial charge on any atom is -0.314 e. The third-order valence-corrected chi connectivity index (χ3v) is 4.84. The van der Waals surface area contributed by atoms with Crippen molar-refractivity contribution in [3.8, 4) is 11.3 Å². The molecule has 0 N–H and O–H groups in total. The Labute approximate surface area is 140 Å². The number of benzene rings is 1. The van der Waals surface area contributed by atoms with E-state index < -0.39 is 0 Å². The molecule has 0 atom stereocenters. The highest BCUT2D eigenvalue weighted by Crippen LogP contribution is 2.31. The molecular weight excluding hydrogens is 306 g/mol. The predicted molar refractivity (Wildman–Crippen MR) is 96.8 cm³/mol. The largest absolute Gasteiger partial charge is 0.314 e. The minimum atomic E-state index is 0.425. The van der Waals surface area contributed by atoms with Crippen molar-refractivity contribution < 1.29 is 0 Å². The van der Waals surface area contributed by atoms with Gasteiger partial charge in [-0.05, 0) is 51.5 Å². The standard InChI is InChI=1S/C17H21N5S/c1-11(2)22(23-5)16-10-14(7-6-12(16)3)15-8-9-17-19-18-13(4)21(17)20-15/h6-11H,1-5H3. The number of hydrogen-bond acceptors (Lipinski definition) is 5. The first-order valence-corrected chi connectivity index (χ1v) is 8.83. The fourth-order valence-corrected chi connectivity index (χ4v) is 3.46. The van der Waals surface area contributed by atoms with Crippen LogP contribution in [-0.4, -0.2) is 32.1 Å². The molecule has 0 unspecified atom stereocenters. The average molecular weight is 327 g/mol. The number of rotatable bonds is 4. The second kappa shape index (κ2) is 6.20. The van der Waals surface area contributed by atoms with Gasteiger partial charge in [0.15, 0.2) is 11.5 Å². The number of fused-ring (bicyclic) bond motifs is 1. The Morgan fingerprint density at radius 2 is 1.87 bits per heavy atom. The van der Waals surface area contributed by atoms with Gasteiger partial charge < -0.3 is 4.31 Å². The van der Waals surface area contributed by atoms with Crippen LogP contribution in [0.4, 0.5) is 5.69 Å². The van der Waals surface area contributed by atoms with Gasteiger partial charge in [-0.3, -0.25) is 0 Å². The maximum Gasteiger partial charge on any atom is 0.177 e. The molecule has 0 fully saturated rings. The molecule has 0 bridgehead atoms. The zero-order chi connectivity index (χ0) is 16.6. The summed E-state index contributed by atoms with van der Waals surface area (Å²) in [6.07, 6.45) is 2.11. The SMILES string of the molecule is CSN(c1cc(-c2ccc3nnc(C)n3n2)ccc1C)C(C)C. The second-order valence-electron chi connectivity index (χ2n) is 5.84. The van der Waals surface area contributed by atoms with Crippen LogP contribution in [-0.2, 0) is 0 Å². The van der Waals surface area contributed by atoms with E-state index in [4.69, 9.17) is 0 Å². The Hall–Kier alpha value is -2.08. The van der Waals surface area contributed by atoms with E-state index >= 15 is 0 Å². The van der Waals surface area contributed by atoms with E-state index in [-0.39, 0.29) is 0 Å². The van der Waals surface area contributed by atoms with Crippen molar-refractivity contribution in [3.63, 3.8) is 0 Å². The fourth-order valence-electron chi connectivity index (χ4n) is 2.64. The Morgan fingerprint density at radius 1 is 1.09 bits per heavy atom. The van der Waals surface area contributed by atoms with E-state index in [2.05, 4.69) is 64.8 Å². The third-order valence-electron chi connectivity index (χ3n) is 3.83. The maximum atomic E-state index is 4.67. The fraction of sp³-hybridized carbons (Fsp3) is 0.353. The first-order chi connectivity index (χ1) is 11.0. The zero-order valence-corrected chi connectivity index (χ0v) is 14.9. The average Bonchev–Trinajstić information content (AvgIpc) is 2.90. The first kappa shape index (κ1) is 15.8. The van der Waals surface area contributed by atoms with Crippen LogP contribution in [0.15, 0.2) is 30.3 Å². The van der Waals surface area contributed by atoms with Crippen LogP contribution < -0.4 is 4.31 Å². The number of aromatic nitrogens is 4. The summed E-state index contributed by atoms with van der Waals surface area (Å²) in [6, 6.07) is 10.9. The van der Waals surface area contributed by atoms with Crippen LogP contribution in [0.2, 0.25) is 0 Å². The zero-order valence-electron chi connectivity index (χ0n) is 14.1. The molecule has 6 heteroatoms. The summed E-state index contributed by atoms with van der Waals surface area (Å²) >= 11 is 1.74. The van der Waals surface area contributed by atoms with Crippen LogP contribution in [0.3, 0.4) is 0 Å². The maximum absolute atomic E-state index is 4.67. The lowest BCUT2D eigenvalue weighted by atomic mass is 10.1. The van der Waals surface area contributed by atoms with Crippen molar-refractivity contribution >= 4 is 23.3 Å². The molecule has 0 aliphatic heterocycles. The molecule has 3 rings (SSSR count). The first-order valence-electron chi connectivity index (χ1n) is 7.64. The highest BCUT2D eigenvalue weighted by molar-refractivity contribution is 8.00. The summed E-state index contributed by atoms with van der Waals surface area (Å²) in [4.78, 5) is 0. The van der Waals surface area contributed by atoms with Crippen molar-refractivity contribution in [2.45, 2.75) is 33.7 Å². The summed E-state index contributed by atoms with van der Waals surface area (Å²) in [5.74, 6) is 0.794. The predicted octanol–water partition coefficient (Wildman–Crippen LogP) is 3.90. The molecule has 0 saturated carbocycles. The number of hydrogen-bond donors (Lipinski definition) is 0. The normalized spacial score (nSPS) is 11.4. The van der Waals surface area contributed by atoms with Crippen LogP contribution in [0, 0.1) is 13.8 Å². The van der Waals surface area contributed by atoms with Crippen molar-refractivity contribution in [3.05, 3.63) is 41.7 Å². The summed E-state index contributed by atoms with van der Waals surface area (Å²) in [5, 5.41) is 12.8. The van der Waals surface area contributed by atoms with Gasteiger partial charge in [0.05, 0.1) is 11.4 Å². The molecular formula is C17H21N5S. The van der Waals surface area contributed by atoms with E-state index in [1.165, 1.54) is 11.3 Å². The summed E-state index contributed by atoms with van der Waals surface area (Å²) < 4.78 is 4.10. The molecule has 0 amide bonds. The molecule has 5 nitrogen and oxygen atoms in total. The van der Waals surface area contributed by atoms with Gasteiger partial charge in [0.2, 0.25) is 0 Å². The van der Waals surface area contributed by atoms with Gasteiger partial charge in [0.1, 0.15) is 0 Å². The van der Waals surface area contributed by atoms with E-state index in [1.54, 1.807) is 16.5 Å². The Morgan fingerprint density at radius 3 is 2.57 bits per heavy atom. The van der Waals surface area contributed by atoms with Gasteiger partial charge in [-0.2, -0.15) is 9.61 Å². The van der Waals surface area contributed by atoms with Crippen molar-refractivity contribution in [1.82, 2.24) is 19.8 Å². The Balaban J connectivity index is 2.10. The molecule has 1 aromatic carbocycles. The topological polar surface area (TPSA) is 46.3 Å². The Bertz CT molecular complexity index is 840. The number of aryl methyl sites for hydroxylation is 2. The highest BCUT2D eigenvalue weighted by atomic mass is 32.2. The molecule has 0 aliphatic carbocycles. The second-order valence-corrected chi connectivity index (χ2v) is 6.60. The molecule has 2 heterocycles. The number of nitrogens with zero attached hydrogens (tertiary/aromatic N) is 5. The third kappa shape index (κ3) is 2.91. The van der Waals surface area contributed by atoms with Crippen LogP contribution in [0.5, 0.6) is 0 Å². The van der Waals surface area contributed by atoms with Gasteiger partial charge in [-0.25, -0.2) is 0 Å². The molecule has 0 spiro atoms. The molecule has 0 aliphatic rings. The minimum absolute atomic E-state index is 0.425. The van der Waals surface area contributed by atoms with Crippen LogP contribution in [0.1, 0.15) is 25.2 Å². The van der Waals surface area contributed by atoms with Gasteiger partial charge >= 0.3 is 0 Å². The lowest BCUT2D eigenvalue weighted by molar-refractivity contribution is 0.835. The molecule has 3 aromatic rings. The molecule has 120 valence electrons. The van der Waals surface area contributed by atoms with Gasteiger partial charge in [0, 0.05) is 17.9 Å². The summed E-state index contributed by atoms with van der Waals surface area (Å²) in [5.41, 5.74) is 5.28. The Kier molecular flexibility index (Phi) is 4.26. The summed E-state index contributed by atoms with van der Waals surface area (Å²) in [6.45, 7) is 8.46. The van der Waals surface area contributed by atoms with Gasteiger partial charge in [-0.15, -0.1) is 10.2 Å². The van der Waals surface area contributed by atoms with E-state index in [9.17, 15) is 0 Å². The van der Waals surface area contributed by atoms with E-state index in [0.717, 1.165) is 22.7 Å². The highest BCUT2D eigenvalue weighted by Gasteiger charge is 2.14. The van der Waals surface area contributed by atoms with Crippen LogP contribution >= 0.6 is 11.9 Å². The lowest BCUT2D eigenvalue weighted by Gasteiger charge is -2.28. The van der Waals surface area contributed by atoms with Crippen molar-refractivity contribution in [2.75, 3.05) is 10.6 Å². The van der Waals surface area contributed by atoms with E-state index in [1.807, 2.05) is 19.1 Å². The summed E-state index contributed by atoms with van der Waals surface area (Å²) in [7, 11) is 0. The smallest absolute Gasteiger partial charge is 0.177 e. The molecule has 23 heavy (non-hydrogen) atoms. The van der Waals surface area contributed by atoms with Gasteiger partial charge in [-0.1, -0.05) is 24.1 Å². The van der Waals surface area contributed by atoms with Crippen molar-refractivity contribution in [1.29, 1.82) is 0 Å². The number of anilines is 1. The monoisotopic (exact) mass is 327 g/mol. The molecule has 0 radical (unpaired) electrons. The van der Waals surface area contributed by atoms with E-state index in [0.29, 0.717) is 6.04 Å². The quantitative estimate of drug-likeness (QED) is 0.680. The molecule has 2 aromatic heterocycles. The van der Waals surface area contributed by atoms with Crippen molar-refractivity contribution in [2.24, 2.45) is 0 Å². The lowest BCUT2D eigenvalue weighted by Crippen LogP contribution is -2.23. The van der Waals surface area contributed by atoms with Crippen LogP contribution in [0.25, 0.3) is 16.9 Å².